The van der Waals surface area contributed by atoms with E-state index in [4.69, 9.17) is 9.40 Å². The molecule has 3 atom stereocenters. The van der Waals surface area contributed by atoms with Crippen molar-refractivity contribution >= 4 is 21.3 Å². The van der Waals surface area contributed by atoms with Crippen LogP contribution in [0, 0.1) is 22.7 Å². The zero-order valence-electron chi connectivity index (χ0n) is 22.6. The number of benzene rings is 1. The van der Waals surface area contributed by atoms with Crippen molar-refractivity contribution in [2.45, 2.75) is 82.0 Å². The maximum Gasteiger partial charge on any atom is 0.248 e. The summed E-state index contributed by atoms with van der Waals surface area (Å²) in [6.07, 6.45) is 4.94. The lowest BCUT2D eigenvalue weighted by molar-refractivity contribution is -0.125. The van der Waals surface area contributed by atoms with Gasteiger partial charge in [0.1, 0.15) is 17.2 Å². The third-order valence-electron chi connectivity index (χ3n) is 9.39. The van der Waals surface area contributed by atoms with Crippen molar-refractivity contribution in [2.75, 3.05) is 29.5 Å². The molecule has 10 heteroatoms. The van der Waals surface area contributed by atoms with Gasteiger partial charge >= 0.3 is 0 Å². The van der Waals surface area contributed by atoms with Crippen molar-refractivity contribution in [1.82, 2.24) is 4.98 Å². The lowest BCUT2D eigenvalue weighted by atomic mass is 9.73. The van der Waals surface area contributed by atoms with Gasteiger partial charge in [0.15, 0.2) is 15.7 Å². The van der Waals surface area contributed by atoms with Crippen molar-refractivity contribution in [1.29, 1.82) is 5.26 Å². The number of nitrogens with zero attached hydrogens (tertiary/aromatic N) is 3. The van der Waals surface area contributed by atoms with Gasteiger partial charge in [0.25, 0.3) is 0 Å². The van der Waals surface area contributed by atoms with Crippen LogP contribution in [0.1, 0.15) is 87.7 Å². The number of hydrogen-bond donors (Lipinski definition) is 0. The number of Topliss-reactive ketones (excluding diaryl/α,β-unsaturated/α-hetero) is 1. The van der Waals surface area contributed by atoms with Gasteiger partial charge in [-0.15, -0.1) is 0 Å². The Morgan fingerprint density at radius 3 is 2.40 bits per heavy atom. The van der Waals surface area contributed by atoms with Crippen molar-refractivity contribution in [3.8, 4) is 17.3 Å². The fourth-order valence-electron chi connectivity index (χ4n) is 6.72. The van der Waals surface area contributed by atoms with Crippen LogP contribution in [0.4, 0.5) is 14.5 Å². The van der Waals surface area contributed by atoms with Gasteiger partial charge in [0.05, 0.1) is 23.0 Å². The van der Waals surface area contributed by atoms with Gasteiger partial charge in [-0.05, 0) is 44.2 Å². The average molecular weight is 572 g/mol. The predicted octanol–water partition coefficient (Wildman–Crippen LogP) is 6.02. The number of aromatic nitrogens is 1. The van der Waals surface area contributed by atoms with E-state index in [9.17, 15) is 27.3 Å². The quantitative estimate of drug-likeness (QED) is 0.400. The number of oxazole rings is 1. The van der Waals surface area contributed by atoms with Crippen LogP contribution in [-0.2, 0) is 14.6 Å². The topological polar surface area (TPSA) is 104 Å². The van der Waals surface area contributed by atoms with Crippen molar-refractivity contribution in [3.63, 3.8) is 0 Å². The SMILES string of the molecule is N#CC1(CC(=O)[C@@H]2CCCC[C@H]2c2oc(C3CCC(F)(F)C3)nc2-c2ccc(N3CCS(=O)(=O)CC3)cc2)CC1. The van der Waals surface area contributed by atoms with E-state index in [1.807, 2.05) is 29.2 Å². The Bertz CT molecular complexity index is 1410. The van der Waals surface area contributed by atoms with Crippen molar-refractivity contribution in [2.24, 2.45) is 11.3 Å². The Hall–Kier alpha value is -2.80. The van der Waals surface area contributed by atoms with Crippen LogP contribution in [0.2, 0.25) is 0 Å². The molecular weight excluding hydrogens is 536 g/mol. The lowest BCUT2D eigenvalue weighted by Crippen LogP contribution is -2.40. The molecule has 214 valence electrons. The van der Waals surface area contributed by atoms with Gasteiger partial charge in [-0.25, -0.2) is 22.2 Å². The average Bonchev–Trinajstić information content (AvgIpc) is 3.41. The van der Waals surface area contributed by atoms with E-state index >= 15 is 0 Å². The normalized spacial score (nSPS) is 28.6. The summed E-state index contributed by atoms with van der Waals surface area (Å²) in [7, 11) is -2.99. The summed E-state index contributed by atoms with van der Waals surface area (Å²) >= 11 is 0. The molecule has 2 aromatic rings. The van der Waals surface area contributed by atoms with E-state index < -0.39 is 27.1 Å². The van der Waals surface area contributed by atoms with Gasteiger partial charge in [0.2, 0.25) is 5.92 Å². The van der Waals surface area contributed by atoms with E-state index in [0.717, 1.165) is 49.8 Å². The molecule has 1 unspecified atom stereocenters. The molecule has 0 radical (unpaired) electrons. The maximum absolute atomic E-state index is 14.1. The van der Waals surface area contributed by atoms with Crippen molar-refractivity contribution in [3.05, 3.63) is 35.9 Å². The van der Waals surface area contributed by atoms with Crippen LogP contribution in [-0.4, -0.2) is 49.7 Å². The van der Waals surface area contributed by atoms with Crippen LogP contribution in [0.25, 0.3) is 11.3 Å². The Morgan fingerprint density at radius 2 is 1.77 bits per heavy atom. The third kappa shape index (κ3) is 5.54. The first-order valence-electron chi connectivity index (χ1n) is 14.5. The second-order valence-electron chi connectivity index (χ2n) is 12.3. The monoisotopic (exact) mass is 571 g/mol. The molecule has 6 rings (SSSR count). The molecule has 40 heavy (non-hydrogen) atoms. The van der Waals surface area contributed by atoms with Crippen LogP contribution < -0.4 is 4.90 Å². The first-order chi connectivity index (χ1) is 19.1. The maximum atomic E-state index is 14.1. The second-order valence-corrected chi connectivity index (χ2v) is 14.6. The summed E-state index contributed by atoms with van der Waals surface area (Å²) in [6.45, 7) is 0.875. The number of ketones is 1. The number of carbonyl (C=O) groups excluding carboxylic acids is 1. The molecule has 2 heterocycles. The molecular formula is C30H35F2N3O4S. The van der Waals surface area contributed by atoms with Crippen molar-refractivity contribution < 1.29 is 26.4 Å². The highest BCUT2D eigenvalue weighted by molar-refractivity contribution is 7.91. The lowest BCUT2D eigenvalue weighted by Gasteiger charge is -2.30. The largest absolute Gasteiger partial charge is 0.444 e. The highest BCUT2D eigenvalue weighted by Crippen LogP contribution is 2.52. The van der Waals surface area contributed by atoms with Crippen LogP contribution in [0.15, 0.2) is 28.7 Å². The van der Waals surface area contributed by atoms with E-state index in [2.05, 4.69) is 6.07 Å². The molecule has 0 bridgehead atoms. The summed E-state index contributed by atoms with van der Waals surface area (Å²) in [6, 6.07) is 10.0. The molecule has 0 spiro atoms. The summed E-state index contributed by atoms with van der Waals surface area (Å²) in [5.41, 5.74) is 1.78. The number of nitriles is 1. The number of sulfone groups is 1. The summed E-state index contributed by atoms with van der Waals surface area (Å²) in [4.78, 5) is 20.3. The Kier molecular flexibility index (Phi) is 7.00. The van der Waals surface area contributed by atoms with Gasteiger partial charge in [-0.3, -0.25) is 4.79 Å². The van der Waals surface area contributed by atoms with Crippen LogP contribution in [0.3, 0.4) is 0 Å². The van der Waals surface area contributed by atoms with Gasteiger partial charge in [-0.1, -0.05) is 25.0 Å². The molecule has 1 saturated heterocycles. The summed E-state index contributed by atoms with van der Waals surface area (Å²) in [5.74, 6) is -2.42. The minimum Gasteiger partial charge on any atom is -0.444 e. The van der Waals surface area contributed by atoms with Crippen LogP contribution >= 0.6 is 0 Å². The smallest absolute Gasteiger partial charge is 0.248 e. The Labute approximate surface area is 233 Å². The minimum atomic E-state index is -2.99. The molecule has 4 fully saturated rings. The van der Waals surface area contributed by atoms with Crippen LogP contribution in [0.5, 0.6) is 0 Å². The number of alkyl halides is 2. The zero-order chi connectivity index (χ0) is 28.1. The molecule has 3 aliphatic carbocycles. The fraction of sp³-hybridized carbons (Fsp3) is 0.633. The molecule has 3 saturated carbocycles. The Morgan fingerprint density at radius 1 is 1.07 bits per heavy atom. The van der Waals surface area contributed by atoms with Gasteiger partial charge in [0, 0.05) is 61.4 Å². The molecule has 1 aromatic heterocycles. The standard InChI is InChI=1S/C30H35F2N3O4S/c31-30(32)10-9-21(17-30)28-34-26(20-5-7-22(8-6-20)35-13-15-40(37,38)16-14-35)27(39-28)24-4-2-1-3-23(24)25(36)18-29(19-33)11-12-29/h5-8,21,23-24H,1-4,9-18H2/t21?,23-,24-/m1/s1. The Balaban J connectivity index is 1.32. The highest BCUT2D eigenvalue weighted by Gasteiger charge is 2.48. The fourth-order valence-corrected chi connectivity index (χ4v) is 7.92. The second kappa shape index (κ2) is 10.2. The number of halogens is 2. The zero-order valence-corrected chi connectivity index (χ0v) is 23.4. The molecule has 7 nitrogen and oxygen atoms in total. The molecule has 1 aliphatic heterocycles. The number of rotatable bonds is 7. The third-order valence-corrected chi connectivity index (χ3v) is 11.0. The molecule has 0 amide bonds. The predicted molar refractivity (Wildman–Crippen MR) is 146 cm³/mol. The molecule has 1 aromatic carbocycles. The van der Waals surface area contributed by atoms with E-state index in [-0.39, 0.29) is 48.4 Å². The number of carbonyl (C=O) groups is 1. The molecule has 0 N–H and O–H groups in total. The first kappa shape index (κ1) is 27.4. The summed E-state index contributed by atoms with van der Waals surface area (Å²) < 4.78 is 58.3. The van der Waals surface area contributed by atoms with E-state index in [1.165, 1.54) is 0 Å². The summed E-state index contributed by atoms with van der Waals surface area (Å²) in [5, 5.41) is 9.56. The first-order valence-corrected chi connectivity index (χ1v) is 16.3. The van der Waals surface area contributed by atoms with Gasteiger partial charge < -0.3 is 9.32 Å². The van der Waals surface area contributed by atoms with E-state index in [0.29, 0.717) is 36.9 Å². The molecule has 4 aliphatic rings. The van der Waals surface area contributed by atoms with E-state index in [1.54, 1.807) is 0 Å². The number of hydrogen-bond acceptors (Lipinski definition) is 7. The highest BCUT2D eigenvalue weighted by atomic mass is 32.2. The van der Waals surface area contributed by atoms with Gasteiger partial charge in [-0.2, -0.15) is 5.26 Å². The minimum absolute atomic E-state index is 0.0930. The number of anilines is 1.